The van der Waals surface area contributed by atoms with Gasteiger partial charge < -0.3 is 4.57 Å². The van der Waals surface area contributed by atoms with Crippen LogP contribution in [0.1, 0.15) is 23.1 Å². The Morgan fingerprint density at radius 2 is 1.16 bits per heavy atom. The molecule has 0 atom stereocenters. The van der Waals surface area contributed by atoms with Gasteiger partial charge in [-0.3, -0.25) is 0 Å². The van der Waals surface area contributed by atoms with Crippen LogP contribution in [0.5, 0.6) is 0 Å². The van der Waals surface area contributed by atoms with Crippen molar-refractivity contribution in [1.82, 2.24) is 0 Å². The van der Waals surface area contributed by atoms with Gasteiger partial charge in [0.15, 0.2) is 7.14 Å². The summed E-state index contributed by atoms with van der Waals surface area (Å²) < 4.78 is 15.1. The van der Waals surface area contributed by atoms with Gasteiger partial charge in [0.2, 0.25) is 0 Å². The van der Waals surface area contributed by atoms with Crippen molar-refractivity contribution in [2.24, 2.45) is 0 Å². The van der Waals surface area contributed by atoms with Gasteiger partial charge in [-0.15, -0.1) is 0 Å². The van der Waals surface area contributed by atoms with Crippen molar-refractivity contribution in [2.75, 3.05) is 0 Å². The second-order valence-corrected chi connectivity index (χ2v) is 11.0. The number of hydrogen-bond acceptors (Lipinski definition) is 1. The van der Waals surface area contributed by atoms with Crippen LogP contribution in [0, 0.1) is 0 Å². The van der Waals surface area contributed by atoms with E-state index in [1.807, 2.05) is 84.9 Å². The Balaban J connectivity index is 1.87. The summed E-state index contributed by atoms with van der Waals surface area (Å²) in [7, 11) is -3.04. The summed E-state index contributed by atoms with van der Waals surface area (Å²) in [5.41, 5.74) is 4.59. The Kier molecular flexibility index (Phi) is 5.40. The first-order chi connectivity index (χ1) is 15.2. The van der Waals surface area contributed by atoms with E-state index in [2.05, 4.69) is 24.3 Å². The molecule has 5 rings (SSSR count). The van der Waals surface area contributed by atoms with Gasteiger partial charge in [0.05, 0.1) is 0 Å². The summed E-state index contributed by atoms with van der Waals surface area (Å²) in [6.45, 7) is 0. The summed E-state index contributed by atoms with van der Waals surface area (Å²) in [5.74, 6) is 0. The monoisotopic (exact) mass is 440 g/mol. The summed E-state index contributed by atoms with van der Waals surface area (Å²) >= 11 is 6.20. The van der Waals surface area contributed by atoms with Gasteiger partial charge >= 0.3 is 0 Å². The molecule has 31 heavy (non-hydrogen) atoms. The zero-order valence-corrected chi connectivity index (χ0v) is 18.7. The first-order valence-corrected chi connectivity index (χ1v) is 12.6. The Morgan fingerprint density at radius 3 is 1.77 bits per heavy atom. The minimum absolute atomic E-state index is 0.698. The van der Waals surface area contributed by atoms with E-state index >= 15 is 4.57 Å². The normalized spacial score (nSPS) is 13.7. The molecule has 3 heteroatoms. The highest BCUT2D eigenvalue weighted by atomic mass is 35.5. The number of benzene rings is 4. The van der Waals surface area contributed by atoms with E-state index in [0.29, 0.717) is 5.02 Å². The van der Waals surface area contributed by atoms with Crippen LogP contribution in [0.3, 0.4) is 0 Å². The second-order valence-electron chi connectivity index (χ2n) is 7.77. The summed E-state index contributed by atoms with van der Waals surface area (Å²) in [6.07, 6.45) is 1.64. The molecule has 0 aliphatic heterocycles. The van der Waals surface area contributed by atoms with Crippen LogP contribution in [-0.4, -0.2) is 0 Å². The number of aryl methyl sites for hydroxylation is 1. The molecule has 0 bridgehead atoms. The van der Waals surface area contributed by atoms with Gasteiger partial charge in [0.25, 0.3) is 0 Å². The number of fused-ring (bicyclic) bond motifs is 1. The summed E-state index contributed by atoms with van der Waals surface area (Å²) in [6, 6.07) is 36.2. The van der Waals surface area contributed by atoms with Crippen LogP contribution in [-0.2, 0) is 11.0 Å². The molecule has 1 aliphatic carbocycles. The molecule has 0 saturated heterocycles. The first-order valence-electron chi connectivity index (χ1n) is 10.5. The predicted octanol–water partition coefficient (Wildman–Crippen LogP) is 7.06. The molecular formula is C28H22ClOP. The second kappa shape index (κ2) is 8.35. The van der Waals surface area contributed by atoms with Crippen molar-refractivity contribution >= 4 is 34.9 Å². The summed E-state index contributed by atoms with van der Waals surface area (Å²) in [5, 5.41) is 3.47. The number of rotatable bonds is 4. The van der Waals surface area contributed by atoms with Gasteiger partial charge in [-0.2, -0.15) is 0 Å². The van der Waals surface area contributed by atoms with E-state index < -0.39 is 7.14 Å². The standard InChI is InChI=1S/C28H22ClOP/c29-23-18-15-22(16-19-23)28-26-14-8-7-9-21(26)17-20-27(28)31(30,24-10-3-1-4-11-24)25-12-5-2-6-13-25/h1-16,18-19H,17,20H2. The maximum absolute atomic E-state index is 15.1. The maximum atomic E-state index is 15.1. The highest BCUT2D eigenvalue weighted by Gasteiger charge is 2.36. The van der Waals surface area contributed by atoms with Crippen molar-refractivity contribution in [1.29, 1.82) is 0 Å². The van der Waals surface area contributed by atoms with Crippen molar-refractivity contribution < 1.29 is 4.57 Å². The fourth-order valence-corrected chi connectivity index (χ4v) is 7.73. The molecule has 0 N–H and O–H groups in total. The lowest BCUT2D eigenvalue weighted by Gasteiger charge is -2.30. The van der Waals surface area contributed by atoms with E-state index in [1.54, 1.807) is 0 Å². The summed E-state index contributed by atoms with van der Waals surface area (Å²) in [4.78, 5) is 0. The molecule has 0 radical (unpaired) electrons. The van der Waals surface area contributed by atoms with Crippen LogP contribution in [0.25, 0.3) is 5.57 Å². The smallest absolute Gasteiger partial charge is 0.167 e. The molecule has 152 valence electrons. The average Bonchev–Trinajstić information content (AvgIpc) is 2.84. The van der Waals surface area contributed by atoms with Gasteiger partial charge in [0.1, 0.15) is 0 Å². The third-order valence-electron chi connectivity index (χ3n) is 5.96. The van der Waals surface area contributed by atoms with Gasteiger partial charge in [0, 0.05) is 20.9 Å². The van der Waals surface area contributed by atoms with E-state index in [-0.39, 0.29) is 0 Å². The Morgan fingerprint density at radius 1 is 0.613 bits per heavy atom. The number of hydrogen-bond donors (Lipinski definition) is 0. The van der Waals surface area contributed by atoms with Crippen molar-refractivity contribution in [2.45, 2.75) is 12.8 Å². The zero-order chi connectivity index (χ0) is 21.3. The molecule has 4 aromatic rings. The SMILES string of the molecule is O=P(C1=C(c2ccc(Cl)cc2)c2ccccc2CC1)(c1ccccc1)c1ccccc1. The Labute approximate surface area is 188 Å². The molecule has 0 heterocycles. The Hall–Kier alpha value is -2.86. The van der Waals surface area contributed by atoms with Crippen LogP contribution >= 0.6 is 18.7 Å². The largest absolute Gasteiger partial charge is 0.309 e. The fourth-order valence-electron chi connectivity index (χ4n) is 4.51. The molecule has 1 nitrogen and oxygen atoms in total. The zero-order valence-electron chi connectivity index (χ0n) is 17.0. The van der Waals surface area contributed by atoms with Crippen molar-refractivity contribution in [3.63, 3.8) is 0 Å². The van der Waals surface area contributed by atoms with E-state index in [9.17, 15) is 0 Å². The topological polar surface area (TPSA) is 17.1 Å². The predicted molar refractivity (Wildman–Crippen MR) is 132 cm³/mol. The molecule has 1 aliphatic rings. The lowest BCUT2D eigenvalue weighted by atomic mass is 9.87. The van der Waals surface area contributed by atoms with Crippen molar-refractivity contribution in [3.05, 3.63) is 136 Å². The Bertz CT molecular complexity index is 1250. The highest BCUT2D eigenvalue weighted by Crippen LogP contribution is 2.58. The van der Waals surface area contributed by atoms with E-state index in [0.717, 1.165) is 45.5 Å². The van der Waals surface area contributed by atoms with Crippen molar-refractivity contribution in [3.8, 4) is 0 Å². The molecule has 0 amide bonds. The van der Waals surface area contributed by atoms with E-state index in [4.69, 9.17) is 11.6 Å². The molecule has 0 saturated carbocycles. The van der Waals surface area contributed by atoms with E-state index in [1.165, 1.54) is 5.56 Å². The number of allylic oxidation sites excluding steroid dienone is 1. The molecule has 0 fully saturated rings. The fraction of sp³-hybridized carbons (Fsp3) is 0.0714. The average molecular weight is 441 g/mol. The van der Waals surface area contributed by atoms with Gasteiger partial charge in [-0.25, -0.2) is 0 Å². The number of halogens is 1. The first kappa shape index (κ1) is 20.1. The van der Waals surface area contributed by atoms with Gasteiger partial charge in [-0.1, -0.05) is 109 Å². The molecule has 0 unspecified atom stereocenters. The quantitative estimate of drug-likeness (QED) is 0.310. The lowest BCUT2D eigenvalue weighted by Crippen LogP contribution is -2.20. The van der Waals surface area contributed by atoms with Crippen LogP contribution in [0.2, 0.25) is 5.02 Å². The van der Waals surface area contributed by atoms with Crippen LogP contribution in [0.4, 0.5) is 0 Å². The maximum Gasteiger partial charge on any atom is 0.167 e. The molecular weight excluding hydrogens is 419 g/mol. The lowest BCUT2D eigenvalue weighted by molar-refractivity contribution is 0.589. The molecule has 0 aromatic heterocycles. The highest BCUT2D eigenvalue weighted by molar-refractivity contribution is 7.82. The minimum Gasteiger partial charge on any atom is -0.309 e. The third-order valence-corrected chi connectivity index (χ3v) is 9.47. The molecule has 4 aromatic carbocycles. The van der Waals surface area contributed by atoms with Crippen LogP contribution < -0.4 is 10.6 Å². The van der Waals surface area contributed by atoms with Crippen LogP contribution in [0.15, 0.2) is 115 Å². The minimum atomic E-state index is -3.04. The third kappa shape index (κ3) is 3.59. The molecule has 0 spiro atoms. The van der Waals surface area contributed by atoms with Gasteiger partial charge in [-0.05, 0) is 47.2 Å².